The number of aromatic nitrogens is 1. The molecule has 0 unspecified atom stereocenters. The Morgan fingerprint density at radius 1 is 1.57 bits per heavy atom. The fraction of sp³-hybridized carbons (Fsp3) is 0.125. The smallest absolute Gasteiger partial charge is 0.222 e. The van der Waals surface area contributed by atoms with Crippen LogP contribution in [0.25, 0.3) is 0 Å². The monoisotopic (exact) mass is 189 g/mol. The molecule has 0 saturated heterocycles. The maximum Gasteiger partial charge on any atom is 0.222 e. The van der Waals surface area contributed by atoms with Crippen LogP contribution in [-0.4, -0.2) is 10.6 Å². The molecular formula is C8H7N5O. The predicted molar refractivity (Wildman–Crippen MR) is 48.3 cm³/mol. The topological polar surface area (TPSA) is 108 Å². The molecule has 6 nitrogen and oxygen atoms in total. The van der Waals surface area contributed by atoms with E-state index < -0.39 is 0 Å². The van der Waals surface area contributed by atoms with Gasteiger partial charge in [0.1, 0.15) is 17.7 Å². The molecule has 0 saturated carbocycles. The standard InChI is InChI=1S/C8H7N5O/c1-5(14)12-8-7(3-10)6(2-9)4-13(8)11/h4H,11H2,1H3,(H,12,14). The van der Waals surface area contributed by atoms with E-state index in [0.717, 1.165) is 4.68 Å². The molecule has 0 aliphatic rings. The summed E-state index contributed by atoms with van der Waals surface area (Å²) in [5, 5.41) is 19.7. The van der Waals surface area contributed by atoms with E-state index in [1.165, 1.54) is 13.1 Å². The highest BCUT2D eigenvalue weighted by Gasteiger charge is 2.14. The first-order valence-corrected chi connectivity index (χ1v) is 3.68. The number of hydrogen-bond acceptors (Lipinski definition) is 4. The van der Waals surface area contributed by atoms with Crippen molar-refractivity contribution in [3.05, 3.63) is 17.3 Å². The first kappa shape index (κ1) is 9.62. The Labute approximate surface area is 80.1 Å². The number of anilines is 1. The van der Waals surface area contributed by atoms with Crippen molar-refractivity contribution < 1.29 is 4.79 Å². The number of carbonyl (C=O) groups is 1. The summed E-state index contributed by atoms with van der Waals surface area (Å²) in [5.41, 5.74) is 0.212. The number of nitrogens with two attached hydrogens (primary N) is 1. The Balaban J connectivity index is 3.30. The highest BCUT2D eigenvalue weighted by molar-refractivity contribution is 5.90. The SMILES string of the molecule is CC(=O)Nc1c(C#N)c(C#N)cn1N. The molecule has 0 aromatic carbocycles. The molecule has 0 aliphatic carbocycles. The molecule has 14 heavy (non-hydrogen) atoms. The number of nitrogens with zero attached hydrogens (tertiary/aromatic N) is 3. The summed E-state index contributed by atoms with van der Waals surface area (Å²) in [5.74, 6) is 5.23. The molecule has 1 amide bonds. The minimum Gasteiger partial charge on any atom is -0.338 e. The number of nitrogens with one attached hydrogen (secondary N) is 1. The van der Waals surface area contributed by atoms with Crippen LogP contribution in [-0.2, 0) is 4.79 Å². The quantitative estimate of drug-likeness (QED) is 0.601. The number of nitriles is 2. The van der Waals surface area contributed by atoms with Gasteiger partial charge in [0.2, 0.25) is 5.91 Å². The second kappa shape index (κ2) is 3.50. The second-order valence-corrected chi connectivity index (χ2v) is 2.58. The molecule has 1 aromatic heterocycles. The van der Waals surface area contributed by atoms with Crippen molar-refractivity contribution in [2.24, 2.45) is 0 Å². The third kappa shape index (κ3) is 1.50. The fourth-order valence-corrected chi connectivity index (χ4v) is 1.02. The van der Waals surface area contributed by atoms with Crippen LogP contribution in [0.15, 0.2) is 6.20 Å². The number of carbonyl (C=O) groups excluding carboxylic acids is 1. The lowest BCUT2D eigenvalue weighted by atomic mass is 10.2. The average Bonchev–Trinajstić information content (AvgIpc) is 2.42. The van der Waals surface area contributed by atoms with Crippen LogP contribution >= 0.6 is 0 Å². The van der Waals surface area contributed by atoms with Gasteiger partial charge in [0, 0.05) is 13.1 Å². The maximum absolute atomic E-state index is 10.8. The van der Waals surface area contributed by atoms with Crippen LogP contribution in [0.3, 0.4) is 0 Å². The van der Waals surface area contributed by atoms with Crippen molar-refractivity contribution in [2.45, 2.75) is 6.92 Å². The van der Waals surface area contributed by atoms with Gasteiger partial charge < -0.3 is 11.2 Å². The van der Waals surface area contributed by atoms with Gasteiger partial charge >= 0.3 is 0 Å². The summed E-state index contributed by atoms with van der Waals surface area (Å²) in [4.78, 5) is 10.8. The molecule has 6 heteroatoms. The largest absolute Gasteiger partial charge is 0.338 e. The van der Waals surface area contributed by atoms with Crippen molar-refractivity contribution in [1.29, 1.82) is 10.5 Å². The van der Waals surface area contributed by atoms with Crippen LogP contribution in [0, 0.1) is 22.7 Å². The average molecular weight is 189 g/mol. The van der Waals surface area contributed by atoms with Crippen LogP contribution in [0.5, 0.6) is 0 Å². The van der Waals surface area contributed by atoms with E-state index in [0.29, 0.717) is 0 Å². The zero-order chi connectivity index (χ0) is 10.7. The lowest BCUT2D eigenvalue weighted by Gasteiger charge is -2.02. The van der Waals surface area contributed by atoms with Crippen LogP contribution < -0.4 is 11.2 Å². The Morgan fingerprint density at radius 3 is 2.64 bits per heavy atom. The first-order chi connectivity index (χ1) is 6.60. The van der Waals surface area contributed by atoms with Crippen LogP contribution in [0.1, 0.15) is 18.1 Å². The minimum atomic E-state index is -0.351. The van der Waals surface area contributed by atoms with E-state index in [1.807, 2.05) is 0 Å². The van der Waals surface area contributed by atoms with E-state index in [1.54, 1.807) is 12.1 Å². The number of hydrogen-bond donors (Lipinski definition) is 2. The third-order valence-corrected chi connectivity index (χ3v) is 1.56. The van der Waals surface area contributed by atoms with Gasteiger partial charge in [-0.25, -0.2) is 0 Å². The fourth-order valence-electron chi connectivity index (χ4n) is 1.02. The predicted octanol–water partition coefficient (Wildman–Crippen LogP) is -0.0963. The Morgan fingerprint density at radius 2 is 2.21 bits per heavy atom. The highest BCUT2D eigenvalue weighted by atomic mass is 16.1. The summed E-state index contributed by atoms with van der Waals surface area (Å²) in [7, 11) is 0. The van der Waals surface area contributed by atoms with Crippen molar-refractivity contribution >= 4 is 11.7 Å². The maximum atomic E-state index is 10.8. The molecule has 0 aliphatic heterocycles. The van der Waals surface area contributed by atoms with Gasteiger partial charge in [0.25, 0.3) is 0 Å². The summed E-state index contributed by atoms with van der Waals surface area (Å²) < 4.78 is 1.04. The molecular weight excluding hydrogens is 182 g/mol. The Kier molecular flexibility index (Phi) is 2.40. The molecule has 1 rings (SSSR count). The van der Waals surface area contributed by atoms with Crippen molar-refractivity contribution in [3.8, 4) is 12.1 Å². The van der Waals surface area contributed by atoms with Crippen molar-refractivity contribution in [2.75, 3.05) is 11.2 Å². The Hall–Kier alpha value is -2.47. The van der Waals surface area contributed by atoms with Gasteiger partial charge in [-0.1, -0.05) is 0 Å². The van der Waals surface area contributed by atoms with E-state index in [2.05, 4.69) is 5.32 Å². The van der Waals surface area contributed by atoms with Crippen LogP contribution in [0.2, 0.25) is 0 Å². The number of nitrogen functional groups attached to an aromatic ring is 1. The van der Waals surface area contributed by atoms with E-state index in [9.17, 15) is 4.79 Å². The molecule has 0 fully saturated rings. The molecule has 0 radical (unpaired) electrons. The van der Waals surface area contributed by atoms with Gasteiger partial charge in [-0.3, -0.25) is 9.47 Å². The van der Waals surface area contributed by atoms with E-state index in [-0.39, 0.29) is 22.9 Å². The molecule has 0 spiro atoms. The summed E-state index contributed by atoms with van der Waals surface area (Å²) in [6, 6.07) is 3.61. The lowest BCUT2D eigenvalue weighted by molar-refractivity contribution is -0.114. The summed E-state index contributed by atoms with van der Waals surface area (Å²) in [6.07, 6.45) is 1.28. The third-order valence-electron chi connectivity index (χ3n) is 1.56. The zero-order valence-electron chi connectivity index (χ0n) is 7.40. The Bertz CT molecular complexity index is 459. The van der Waals surface area contributed by atoms with Gasteiger partial charge in [-0.15, -0.1) is 0 Å². The van der Waals surface area contributed by atoms with Gasteiger partial charge in [-0.05, 0) is 0 Å². The van der Waals surface area contributed by atoms with Gasteiger partial charge in [-0.2, -0.15) is 10.5 Å². The molecule has 0 bridgehead atoms. The second-order valence-electron chi connectivity index (χ2n) is 2.58. The molecule has 1 aromatic rings. The molecule has 70 valence electrons. The molecule has 3 N–H and O–H groups in total. The summed E-state index contributed by atoms with van der Waals surface area (Å²) in [6.45, 7) is 1.29. The first-order valence-electron chi connectivity index (χ1n) is 3.68. The van der Waals surface area contributed by atoms with E-state index >= 15 is 0 Å². The van der Waals surface area contributed by atoms with Crippen molar-refractivity contribution in [1.82, 2.24) is 4.68 Å². The lowest BCUT2D eigenvalue weighted by Crippen LogP contribution is -2.16. The minimum absolute atomic E-state index is 0.0743. The normalized spacial score (nSPS) is 8.79. The van der Waals surface area contributed by atoms with Gasteiger partial charge in [0.05, 0.1) is 5.56 Å². The summed E-state index contributed by atoms with van der Waals surface area (Å²) >= 11 is 0. The number of amides is 1. The number of rotatable bonds is 1. The molecule has 0 atom stereocenters. The molecule has 1 heterocycles. The van der Waals surface area contributed by atoms with E-state index in [4.69, 9.17) is 16.4 Å². The van der Waals surface area contributed by atoms with Gasteiger partial charge in [0.15, 0.2) is 5.82 Å². The highest BCUT2D eigenvalue weighted by Crippen LogP contribution is 2.18. The zero-order valence-corrected chi connectivity index (χ0v) is 7.40. The van der Waals surface area contributed by atoms with Crippen molar-refractivity contribution in [3.63, 3.8) is 0 Å². The van der Waals surface area contributed by atoms with Crippen LogP contribution in [0.4, 0.5) is 5.82 Å².